The minimum atomic E-state index is 0.0401. The summed E-state index contributed by atoms with van der Waals surface area (Å²) in [5.74, 6) is 0.524. The third-order valence-electron chi connectivity index (χ3n) is 3.16. The first-order valence-electron chi connectivity index (χ1n) is 5.59. The van der Waals surface area contributed by atoms with Crippen molar-refractivity contribution in [2.45, 2.75) is 18.9 Å². The Morgan fingerprint density at radius 2 is 1.69 bits per heavy atom. The molecule has 0 unspecified atom stereocenters. The van der Waals surface area contributed by atoms with E-state index >= 15 is 0 Å². The van der Waals surface area contributed by atoms with Crippen molar-refractivity contribution < 1.29 is 0 Å². The number of rotatable bonds is 2. The Labute approximate surface area is 106 Å². The van der Waals surface area contributed by atoms with Gasteiger partial charge in [0.15, 0.2) is 0 Å². The second kappa shape index (κ2) is 5.37. The molecular weight excluding hydrogens is 243 g/mol. The third-order valence-corrected chi connectivity index (χ3v) is 3.60. The summed E-state index contributed by atoms with van der Waals surface area (Å²) in [4.78, 5) is 0. The molecular formula is C12H16Cl2N2. The maximum absolute atomic E-state index is 6.26. The first-order valence-corrected chi connectivity index (χ1v) is 6.34. The molecule has 2 nitrogen and oxygen atoms in total. The van der Waals surface area contributed by atoms with Crippen molar-refractivity contribution in [3.63, 3.8) is 0 Å². The fourth-order valence-electron chi connectivity index (χ4n) is 2.24. The van der Waals surface area contributed by atoms with E-state index in [1.54, 1.807) is 6.07 Å². The van der Waals surface area contributed by atoms with Crippen LogP contribution in [0.25, 0.3) is 0 Å². The van der Waals surface area contributed by atoms with Gasteiger partial charge in [0.25, 0.3) is 0 Å². The Bertz CT molecular complexity index is 342. The van der Waals surface area contributed by atoms with E-state index in [0.29, 0.717) is 16.0 Å². The molecule has 0 bridgehead atoms. The van der Waals surface area contributed by atoms with E-state index in [2.05, 4.69) is 5.32 Å². The van der Waals surface area contributed by atoms with Gasteiger partial charge >= 0.3 is 0 Å². The second-order valence-electron chi connectivity index (χ2n) is 4.32. The lowest BCUT2D eigenvalue weighted by Crippen LogP contribution is -2.33. The highest BCUT2D eigenvalue weighted by Crippen LogP contribution is 2.30. The molecule has 3 N–H and O–H groups in total. The van der Waals surface area contributed by atoms with Crippen LogP contribution in [0, 0.1) is 5.92 Å². The van der Waals surface area contributed by atoms with Gasteiger partial charge in [-0.2, -0.15) is 0 Å². The van der Waals surface area contributed by atoms with Crippen molar-refractivity contribution in [2.24, 2.45) is 11.7 Å². The van der Waals surface area contributed by atoms with Gasteiger partial charge in [0.1, 0.15) is 0 Å². The second-order valence-corrected chi connectivity index (χ2v) is 5.19. The Hall–Kier alpha value is -0.280. The number of hydrogen-bond acceptors (Lipinski definition) is 2. The first-order chi connectivity index (χ1) is 7.66. The Morgan fingerprint density at radius 3 is 2.25 bits per heavy atom. The summed E-state index contributed by atoms with van der Waals surface area (Å²) in [5.41, 5.74) is 7.31. The van der Waals surface area contributed by atoms with Crippen LogP contribution in [0.4, 0.5) is 0 Å². The van der Waals surface area contributed by atoms with Gasteiger partial charge in [-0.25, -0.2) is 0 Å². The number of nitrogens with two attached hydrogens (primary N) is 1. The summed E-state index contributed by atoms with van der Waals surface area (Å²) >= 11 is 12.0. The molecule has 1 aromatic rings. The quantitative estimate of drug-likeness (QED) is 0.856. The number of halogens is 2. The predicted octanol–water partition coefficient (Wildman–Crippen LogP) is 2.99. The van der Waals surface area contributed by atoms with Gasteiger partial charge < -0.3 is 11.1 Å². The van der Waals surface area contributed by atoms with Gasteiger partial charge in [0.2, 0.25) is 0 Å². The smallest absolute Gasteiger partial charge is 0.0424 e. The SMILES string of the molecule is N[C@@H](c1cc(Cl)cc(Cl)c1)C1CCNCC1. The van der Waals surface area contributed by atoms with Crippen LogP contribution in [-0.4, -0.2) is 13.1 Å². The molecule has 1 aliphatic heterocycles. The topological polar surface area (TPSA) is 38.0 Å². The molecule has 0 amide bonds. The largest absolute Gasteiger partial charge is 0.324 e. The molecule has 2 rings (SSSR count). The normalized spacial score (nSPS) is 19.7. The van der Waals surface area contributed by atoms with E-state index in [-0.39, 0.29) is 6.04 Å². The van der Waals surface area contributed by atoms with E-state index < -0.39 is 0 Å². The molecule has 16 heavy (non-hydrogen) atoms. The average Bonchev–Trinajstić information content (AvgIpc) is 2.28. The Balaban J connectivity index is 2.15. The van der Waals surface area contributed by atoms with Crippen LogP contribution >= 0.6 is 23.2 Å². The van der Waals surface area contributed by atoms with Gasteiger partial charge in [-0.3, -0.25) is 0 Å². The zero-order chi connectivity index (χ0) is 11.5. The van der Waals surface area contributed by atoms with Crippen LogP contribution in [0.1, 0.15) is 24.4 Å². The summed E-state index contributed by atoms with van der Waals surface area (Å²) in [6.07, 6.45) is 2.23. The van der Waals surface area contributed by atoms with E-state index in [1.165, 1.54) is 0 Å². The minimum Gasteiger partial charge on any atom is -0.324 e. The highest BCUT2D eigenvalue weighted by molar-refractivity contribution is 6.34. The van der Waals surface area contributed by atoms with Crippen LogP contribution in [0.3, 0.4) is 0 Å². The van der Waals surface area contributed by atoms with Gasteiger partial charge in [-0.1, -0.05) is 23.2 Å². The molecule has 88 valence electrons. The van der Waals surface area contributed by atoms with Crippen molar-refractivity contribution in [3.8, 4) is 0 Å². The summed E-state index contributed by atoms with van der Waals surface area (Å²) in [5, 5.41) is 4.65. The van der Waals surface area contributed by atoms with Gasteiger partial charge in [-0.05, 0) is 55.6 Å². The first kappa shape index (κ1) is 12.2. The average molecular weight is 259 g/mol. The molecule has 0 radical (unpaired) electrons. The molecule has 0 spiro atoms. The lowest BCUT2D eigenvalue weighted by atomic mass is 9.87. The van der Waals surface area contributed by atoms with E-state index in [0.717, 1.165) is 31.5 Å². The number of benzene rings is 1. The number of nitrogens with one attached hydrogen (secondary N) is 1. The third kappa shape index (κ3) is 2.89. The minimum absolute atomic E-state index is 0.0401. The molecule has 1 fully saturated rings. The van der Waals surface area contributed by atoms with E-state index in [4.69, 9.17) is 28.9 Å². The molecule has 0 aliphatic carbocycles. The van der Waals surface area contributed by atoms with Crippen molar-refractivity contribution in [3.05, 3.63) is 33.8 Å². The molecule has 1 aromatic carbocycles. The van der Waals surface area contributed by atoms with Crippen molar-refractivity contribution in [1.29, 1.82) is 0 Å². The fraction of sp³-hybridized carbons (Fsp3) is 0.500. The number of piperidine rings is 1. The molecule has 1 heterocycles. The summed E-state index contributed by atoms with van der Waals surface area (Å²) in [6, 6.07) is 5.61. The molecule has 1 atom stereocenters. The molecule has 4 heteroatoms. The summed E-state index contributed by atoms with van der Waals surface area (Å²) < 4.78 is 0. The maximum Gasteiger partial charge on any atom is 0.0424 e. The van der Waals surface area contributed by atoms with Crippen molar-refractivity contribution >= 4 is 23.2 Å². The molecule has 0 saturated carbocycles. The Kier molecular flexibility index (Phi) is 4.09. The van der Waals surface area contributed by atoms with E-state index in [9.17, 15) is 0 Å². The van der Waals surface area contributed by atoms with E-state index in [1.807, 2.05) is 12.1 Å². The van der Waals surface area contributed by atoms with Crippen LogP contribution < -0.4 is 11.1 Å². The fourth-order valence-corrected chi connectivity index (χ4v) is 2.79. The lowest BCUT2D eigenvalue weighted by molar-refractivity contribution is 0.322. The summed E-state index contributed by atoms with van der Waals surface area (Å²) in [6.45, 7) is 2.10. The maximum atomic E-state index is 6.26. The van der Waals surface area contributed by atoms with Gasteiger partial charge in [0, 0.05) is 16.1 Å². The zero-order valence-electron chi connectivity index (χ0n) is 9.05. The van der Waals surface area contributed by atoms with Crippen LogP contribution in [0.2, 0.25) is 10.0 Å². The monoisotopic (exact) mass is 258 g/mol. The van der Waals surface area contributed by atoms with Crippen molar-refractivity contribution in [2.75, 3.05) is 13.1 Å². The highest BCUT2D eigenvalue weighted by atomic mass is 35.5. The number of hydrogen-bond donors (Lipinski definition) is 2. The molecule has 1 aliphatic rings. The highest BCUT2D eigenvalue weighted by Gasteiger charge is 2.22. The Morgan fingerprint density at radius 1 is 1.12 bits per heavy atom. The molecule has 1 saturated heterocycles. The lowest BCUT2D eigenvalue weighted by Gasteiger charge is -2.28. The zero-order valence-corrected chi connectivity index (χ0v) is 10.6. The van der Waals surface area contributed by atoms with Gasteiger partial charge in [0.05, 0.1) is 0 Å². The van der Waals surface area contributed by atoms with Crippen LogP contribution in [-0.2, 0) is 0 Å². The predicted molar refractivity (Wildman–Crippen MR) is 69.0 cm³/mol. The van der Waals surface area contributed by atoms with Gasteiger partial charge in [-0.15, -0.1) is 0 Å². The van der Waals surface area contributed by atoms with Crippen LogP contribution in [0.15, 0.2) is 18.2 Å². The standard InChI is InChI=1S/C12H16Cl2N2/c13-10-5-9(6-11(14)7-10)12(15)8-1-3-16-4-2-8/h5-8,12,16H,1-4,15H2/t12-/m1/s1. The molecule has 0 aromatic heterocycles. The van der Waals surface area contributed by atoms with Crippen LogP contribution in [0.5, 0.6) is 0 Å². The summed E-state index contributed by atoms with van der Waals surface area (Å²) in [7, 11) is 0. The van der Waals surface area contributed by atoms with Crippen molar-refractivity contribution in [1.82, 2.24) is 5.32 Å².